The van der Waals surface area contributed by atoms with E-state index in [4.69, 9.17) is 0 Å². The molecule has 0 N–H and O–H groups in total. The molecule has 144 valence electrons. The van der Waals surface area contributed by atoms with Crippen molar-refractivity contribution in [2.24, 2.45) is 13.0 Å². The molecule has 6 nitrogen and oxygen atoms in total. The van der Waals surface area contributed by atoms with E-state index in [1.807, 2.05) is 38.5 Å². The lowest BCUT2D eigenvalue weighted by atomic mass is 9.99. The molecular weight excluding hydrogens is 362 g/mol. The summed E-state index contributed by atoms with van der Waals surface area (Å²) in [5.41, 5.74) is 4.15. The number of aryl methyl sites for hydroxylation is 2. The third kappa shape index (κ3) is 4.66. The zero-order chi connectivity index (χ0) is 19.6. The Morgan fingerprint density at radius 1 is 1.44 bits per heavy atom. The highest BCUT2D eigenvalue weighted by Crippen LogP contribution is 2.27. The van der Waals surface area contributed by atoms with Crippen LogP contribution in [0.2, 0.25) is 0 Å². The summed E-state index contributed by atoms with van der Waals surface area (Å²) in [6.07, 6.45) is 5.65. The minimum atomic E-state index is -2.98. The lowest BCUT2D eigenvalue weighted by Gasteiger charge is -2.25. The summed E-state index contributed by atoms with van der Waals surface area (Å²) in [7, 11) is -1.11. The number of amides is 1. The Labute approximate surface area is 160 Å². The molecule has 0 saturated carbocycles. The zero-order valence-corrected chi connectivity index (χ0v) is 16.6. The quantitative estimate of drug-likeness (QED) is 0.713. The number of hydrogen-bond acceptors (Lipinski definition) is 4. The Hall–Kier alpha value is -2.41. The van der Waals surface area contributed by atoms with Crippen LogP contribution in [0.5, 0.6) is 0 Å². The molecule has 2 heterocycles. The molecule has 1 aromatic heterocycles. The van der Waals surface area contributed by atoms with Gasteiger partial charge in [0.1, 0.15) is 0 Å². The second-order valence-electron chi connectivity index (χ2n) is 7.26. The molecule has 1 saturated heterocycles. The van der Waals surface area contributed by atoms with Gasteiger partial charge in [0.05, 0.1) is 17.7 Å². The number of rotatable bonds is 6. The van der Waals surface area contributed by atoms with Gasteiger partial charge in [-0.25, -0.2) is 8.42 Å². The lowest BCUT2D eigenvalue weighted by Crippen LogP contribution is -2.34. The van der Waals surface area contributed by atoms with Gasteiger partial charge in [-0.1, -0.05) is 30.3 Å². The number of nitrogens with zero attached hydrogens (tertiary/aromatic N) is 3. The third-order valence-corrected chi connectivity index (χ3v) is 6.77. The summed E-state index contributed by atoms with van der Waals surface area (Å²) in [6, 6.07) is 6.13. The topological polar surface area (TPSA) is 72.3 Å². The van der Waals surface area contributed by atoms with E-state index in [2.05, 4.69) is 17.7 Å². The predicted octanol–water partition coefficient (Wildman–Crippen LogP) is 2.34. The molecule has 7 heteroatoms. The first kappa shape index (κ1) is 19.4. The van der Waals surface area contributed by atoms with Gasteiger partial charge in [-0.3, -0.25) is 9.48 Å². The van der Waals surface area contributed by atoms with Crippen molar-refractivity contribution in [2.45, 2.75) is 19.9 Å². The van der Waals surface area contributed by atoms with Crippen LogP contribution in [0.15, 0.2) is 43.2 Å². The summed E-state index contributed by atoms with van der Waals surface area (Å²) in [5, 5.41) is 4.25. The molecule has 1 unspecified atom stereocenters. The summed E-state index contributed by atoms with van der Waals surface area (Å²) in [6.45, 7) is 6.46. The van der Waals surface area contributed by atoms with Crippen LogP contribution in [-0.4, -0.2) is 47.1 Å². The molecule has 1 aliphatic heterocycles. The minimum absolute atomic E-state index is 0.0220. The van der Waals surface area contributed by atoms with Crippen molar-refractivity contribution in [3.8, 4) is 11.1 Å². The maximum atomic E-state index is 12.4. The summed E-state index contributed by atoms with van der Waals surface area (Å²) >= 11 is 0. The van der Waals surface area contributed by atoms with E-state index in [-0.39, 0.29) is 23.3 Å². The van der Waals surface area contributed by atoms with Crippen molar-refractivity contribution in [3.63, 3.8) is 0 Å². The Kier molecular flexibility index (Phi) is 5.51. The predicted molar refractivity (Wildman–Crippen MR) is 106 cm³/mol. The van der Waals surface area contributed by atoms with Crippen LogP contribution in [0.1, 0.15) is 17.5 Å². The molecule has 0 bridgehead atoms. The first-order chi connectivity index (χ1) is 12.8. The molecule has 1 aromatic carbocycles. The van der Waals surface area contributed by atoms with Gasteiger partial charge in [0.2, 0.25) is 5.91 Å². The number of carbonyl (C=O) groups excluding carboxylic acids is 1. The molecule has 1 fully saturated rings. The number of sulfone groups is 1. The van der Waals surface area contributed by atoms with Gasteiger partial charge in [0.15, 0.2) is 9.84 Å². The van der Waals surface area contributed by atoms with E-state index >= 15 is 0 Å². The smallest absolute Gasteiger partial charge is 0.246 e. The standard InChI is InChI=1S/C20H25N3O3S/c1-4-20(24)23(11-16-7-8-27(25,26)14-16)13-17-6-5-15(2)9-19(17)18-10-21-22(3)12-18/h4-6,9-10,12,16H,1,7-8,11,13-14H2,2-3H3. The number of carbonyl (C=O) groups is 1. The van der Waals surface area contributed by atoms with E-state index in [0.717, 1.165) is 22.3 Å². The normalized spacial score (nSPS) is 18.4. The second kappa shape index (κ2) is 7.68. The molecule has 1 atom stereocenters. The molecule has 0 spiro atoms. The maximum Gasteiger partial charge on any atom is 0.246 e. The average Bonchev–Trinajstić information content (AvgIpc) is 3.20. The van der Waals surface area contributed by atoms with Crippen LogP contribution in [0.3, 0.4) is 0 Å². The highest BCUT2D eigenvalue weighted by atomic mass is 32.2. The second-order valence-corrected chi connectivity index (χ2v) is 9.48. The lowest BCUT2D eigenvalue weighted by molar-refractivity contribution is -0.127. The van der Waals surface area contributed by atoms with Gasteiger partial charge in [0, 0.05) is 31.9 Å². The summed E-state index contributed by atoms with van der Waals surface area (Å²) < 4.78 is 25.3. The maximum absolute atomic E-state index is 12.4. The van der Waals surface area contributed by atoms with Crippen molar-refractivity contribution in [1.82, 2.24) is 14.7 Å². The van der Waals surface area contributed by atoms with Crippen molar-refractivity contribution in [3.05, 3.63) is 54.4 Å². The molecule has 1 aliphatic rings. The van der Waals surface area contributed by atoms with Crippen LogP contribution in [0, 0.1) is 12.8 Å². The first-order valence-electron chi connectivity index (χ1n) is 8.98. The monoisotopic (exact) mass is 387 g/mol. The van der Waals surface area contributed by atoms with E-state index in [0.29, 0.717) is 19.5 Å². The summed E-state index contributed by atoms with van der Waals surface area (Å²) in [4.78, 5) is 14.1. The van der Waals surface area contributed by atoms with Crippen LogP contribution in [0.4, 0.5) is 0 Å². The fourth-order valence-electron chi connectivity index (χ4n) is 3.55. The van der Waals surface area contributed by atoms with Gasteiger partial charge in [-0.2, -0.15) is 5.10 Å². The minimum Gasteiger partial charge on any atom is -0.335 e. The van der Waals surface area contributed by atoms with Crippen LogP contribution >= 0.6 is 0 Å². The zero-order valence-electron chi connectivity index (χ0n) is 15.8. The number of hydrogen-bond donors (Lipinski definition) is 0. The molecule has 3 rings (SSSR count). The van der Waals surface area contributed by atoms with Crippen molar-refractivity contribution < 1.29 is 13.2 Å². The Morgan fingerprint density at radius 2 is 2.22 bits per heavy atom. The SMILES string of the molecule is C=CC(=O)N(Cc1ccc(C)cc1-c1cnn(C)c1)CC1CCS(=O)(=O)C1. The third-order valence-electron chi connectivity index (χ3n) is 4.93. The summed E-state index contributed by atoms with van der Waals surface area (Å²) in [5.74, 6) is 0.152. The molecule has 0 radical (unpaired) electrons. The Bertz CT molecular complexity index is 963. The van der Waals surface area contributed by atoms with E-state index < -0.39 is 9.84 Å². The average molecular weight is 388 g/mol. The number of aromatic nitrogens is 2. The van der Waals surface area contributed by atoms with Crippen LogP contribution in [0.25, 0.3) is 11.1 Å². The van der Waals surface area contributed by atoms with Crippen LogP contribution < -0.4 is 0 Å². The van der Waals surface area contributed by atoms with Crippen molar-refractivity contribution >= 4 is 15.7 Å². The fourth-order valence-corrected chi connectivity index (χ4v) is 5.40. The highest BCUT2D eigenvalue weighted by Gasteiger charge is 2.30. The molecule has 2 aromatic rings. The number of benzene rings is 1. The fraction of sp³-hybridized carbons (Fsp3) is 0.400. The van der Waals surface area contributed by atoms with Gasteiger partial charge >= 0.3 is 0 Å². The molecule has 27 heavy (non-hydrogen) atoms. The van der Waals surface area contributed by atoms with Crippen molar-refractivity contribution in [2.75, 3.05) is 18.1 Å². The first-order valence-corrected chi connectivity index (χ1v) is 10.8. The van der Waals surface area contributed by atoms with E-state index in [1.165, 1.54) is 6.08 Å². The Morgan fingerprint density at radius 3 is 2.81 bits per heavy atom. The van der Waals surface area contributed by atoms with E-state index in [9.17, 15) is 13.2 Å². The Balaban J connectivity index is 1.88. The van der Waals surface area contributed by atoms with Gasteiger partial charge < -0.3 is 4.90 Å². The van der Waals surface area contributed by atoms with Gasteiger partial charge in [0.25, 0.3) is 0 Å². The van der Waals surface area contributed by atoms with Gasteiger partial charge in [-0.15, -0.1) is 0 Å². The van der Waals surface area contributed by atoms with E-state index in [1.54, 1.807) is 9.58 Å². The van der Waals surface area contributed by atoms with Crippen LogP contribution in [-0.2, 0) is 28.2 Å². The molecular formula is C20H25N3O3S. The highest BCUT2D eigenvalue weighted by molar-refractivity contribution is 7.91. The molecule has 1 amide bonds. The largest absolute Gasteiger partial charge is 0.335 e. The molecule has 0 aliphatic carbocycles. The van der Waals surface area contributed by atoms with Crippen molar-refractivity contribution in [1.29, 1.82) is 0 Å². The van der Waals surface area contributed by atoms with Gasteiger partial charge in [-0.05, 0) is 36.5 Å².